The van der Waals surface area contributed by atoms with Crippen LogP contribution < -0.4 is 4.46 Å². The Bertz CT molecular complexity index is 2330. The van der Waals surface area contributed by atoms with Crippen LogP contribution in [0.3, 0.4) is 0 Å². The fourth-order valence-electron chi connectivity index (χ4n) is 9.43. The molecule has 0 aliphatic heterocycles. The van der Waals surface area contributed by atoms with Crippen molar-refractivity contribution in [2.45, 2.75) is 94.4 Å². The van der Waals surface area contributed by atoms with Crippen LogP contribution in [-0.4, -0.2) is 15.2 Å². The molecule has 3 heteroatoms. The molecule has 7 aromatic carbocycles. The molecule has 0 bridgehead atoms. The Balaban J connectivity index is 1.54. The van der Waals surface area contributed by atoms with Gasteiger partial charge in [-0.3, -0.25) is 0 Å². The van der Waals surface area contributed by atoms with Gasteiger partial charge in [-0.05, 0) is 0 Å². The van der Waals surface area contributed by atoms with E-state index in [1.807, 2.05) is 0 Å². The third-order valence-electron chi connectivity index (χ3n) is 12.3. The van der Waals surface area contributed by atoms with Gasteiger partial charge in [-0.25, -0.2) is 0 Å². The summed E-state index contributed by atoms with van der Waals surface area (Å²) in [6, 6.07) is 44.9. The molecule has 0 amide bonds. The quantitative estimate of drug-likeness (QED) is 0.0997. The first-order chi connectivity index (χ1) is 28.2. The van der Waals surface area contributed by atoms with Crippen molar-refractivity contribution < 1.29 is 0 Å². The second-order valence-corrected chi connectivity index (χ2v) is 19.2. The number of nitrogens with zero attached hydrogens (tertiary/aromatic N) is 1. The normalized spacial score (nSPS) is 11.6. The third-order valence-corrected chi connectivity index (χ3v) is 14.0. The fraction of sp³-hybridized carbons (Fsp3) is 0.250. The first kappa shape index (κ1) is 41.8. The zero-order valence-corrected chi connectivity index (χ0v) is 38.4. The van der Waals surface area contributed by atoms with Crippen molar-refractivity contribution in [1.29, 1.82) is 0 Å². The topological polar surface area (TPSA) is 29.4 Å². The summed E-state index contributed by atoms with van der Waals surface area (Å²) in [5, 5.41) is 0. The van der Waals surface area contributed by atoms with Crippen LogP contribution in [0.4, 0.5) is 0 Å². The first-order valence-electron chi connectivity index (χ1n) is 20.9. The fourth-order valence-corrected chi connectivity index (χ4v) is 10.6. The maximum absolute atomic E-state index is 12.8. The van der Waals surface area contributed by atoms with E-state index in [4.69, 9.17) is 0 Å². The van der Waals surface area contributed by atoms with E-state index in [0.717, 1.165) is 4.46 Å². The van der Waals surface area contributed by atoms with Crippen molar-refractivity contribution >= 4 is 19.6 Å². The number of hydrogen-bond acceptors (Lipinski definition) is 2. The van der Waals surface area contributed by atoms with E-state index in [1.54, 1.807) is 0 Å². The van der Waals surface area contributed by atoms with Crippen LogP contribution in [0, 0.1) is 60.3 Å². The second kappa shape index (κ2) is 17.1. The van der Waals surface area contributed by atoms with E-state index in [-0.39, 0.29) is 5.41 Å². The van der Waals surface area contributed by atoms with E-state index >= 15 is 0 Å². The van der Waals surface area contributed by atoms with E-state index in [0.29, 0.717) is 12.8 Å². The van der Waals surface area contributed by atoms with Gasteiger partial charge in [-0.15, -0.1) is 0 Å². The number of aryl methyl sites for hydroxylation is 8. The van der Waals surface area contributed by atoms with Gasteiger partial charge in [0.25, 0.3) is 0 Å². The predicted octanol–water partition coefficient (Wildman–Crippen LogP) is 14.3. The van der Waals surface area contributed by atoms with Crippen LogP contribution in [0.1, 0.15) is 93.1 Å². The van der Waals surface area contributed by atoms with Gasteiger partial charge in [0.05, 0.1) is 0 Å². The molecule has 7 aromatic rings. The summed E-state index contributed by atoms with van der Waals surface area (Å²) in [6.45, 7) is 24.7. The van der Waals surface area contributed by atoms with Crippen LogP contribution in [0.25, 0.3) is 44.5 Å². The van der Waals surface area contributed by atoms with Gasteiger partial charge in [0.15, 0.2) is 0 Å². The summed E-state index contributed by atoms with van der Waals surface area (Å²) in [4.78, 5) is 12.8. The Hall–Kier alpha value is -5.34. The van der Waals surface area contributed by atoms with E-state index < -0.39 is 15.2 Å². The average molecular weight is 839 g/mol. The monoisotopic (exact) mass is 839 g/mol. The Morgan fingerprint density at radius 2 is 0.678 bits per heavy atom. The van der Waals surface area contributed by atoms with Gasteiger partial charge in [-0.1, -0.05) is 0 Å². The third kappa shape index (κ3) is 8.29. The van der Waals surface area contributed by atoms with Gasteiger partial charge in [0, 0.05) is 0 Å². The number of rotatable bonds is 10. The number of nitroso groups, excluding NO2 is 1. The molecule has 0 saturated heterocycles. The van der Waals surface area contributed by atoms with Gasteiger partial charge in [0.1, 0.15) is 0 Å². The summed E-state index contributed by atoms with van der Waals surface area (Å²) < 4.78 is 4.84. The van der Waals surface area contributed by atoms with Crippen molar-refractivity contribution in [2.24, 2.45) is 4.19 Å². The van der Waals surface area contributed by atoms with Gasteiger partial charge in [-0.2, -0.15) is 0 Å². The summed E-state index contributed by atoms with van der Waals surface area (Å²) in [5.41, 5.74) is 26.3. The van der Waals surface area contributed by atoms with Crippen LogP contribution in [0.5, 0.6) is 0 Å². The minimum atomic E-state index is -0.639. The van der Waals surface area contributed by atoms with Crippen molar-refractivity contribution in [2.75, 3.05) is 0 Å². The standard InChI is InChI=1S/C56H57NOSe/c1-34-18-12-19-35(2)51(34)45-26-16-27-46(52-36(3)20-13-21-37(52)4)49(45)32-42-30-44(56(9,10)11)31-43(55(42)59-57-58)33-50-47(53-38(5)22-14-23-39(53)6)28-17-29-48(50)54-40(7)24-15-25-41(54)8/h12-31H,32-33H2,1-11H3. The molecular weight excluding hydrogens is 782 g/mol. The molecule has 0 aliphatic carbocycles. The second-order valence-electron chi connectivity index (χ2n) is 17.6. The molecule has 0 heterocycles. The summed E-state index contributed by atoms with van der Waals surface area (Å²) in [7, 11) is 0. The molecular formula is C56H57NOSe. The van der Waals surface area contributed by atoms with Crippen molar-refractivity contribution in [3.05, 3.63) is 199 Å². The average Bonchev–Trinajstić information content (AvgIpc) is 3.17. The molecule has 7 rings (SSSR count). The minimum absolute atomic E-state index is 0.132. The molecule has 0 fully saturated rings. The molecule has 59 heavy (non-hydrogen) atoms. The van der Waals surface area contributed by atoms with Crippen LogP contribution in [0.15, 0.2) is 126 Å². The van der Waals surface area contributed by atoms with E-state index in [1.165, 1.54) is 117 Å². The van der Waals surface area contributed by atoms with Crippen molar-refractivity contribution in [1.82, 2.24) is 0 Å². The van der Waals surface area contributed by atoms with E-state index in [2.05, 4.69) is 202 Å². The van der Waals surface area contributed by atoms with Gasteiger partial charge >= 0.3 is 361 Å². The molecule has 0 atom stereocenters. The van der Waals surface area contributed by atoms with Gasteiger partial charge < -0.3 is 0 Å². The van der Waals surface area contributed by atoms with Crippen LogP contribution >= 0.6 is 0 Å². The SMILES string of the molecule is Cc1cccc(C)c1-c1cccc(-c2c(C)cccc2C)c1Cc1cc(C(C)(C)C)cc(Cc2c(-c3c(C)cccc3C)cccc2-c2c(C)cccc2C)c1[Se]N=O. The molecule has 0 aliphatic rings. The molecule has 0 unspecified atom stereocenters. The Morgan fingerprint density at radius 3 is 0.915 bits per heavy atom. The Labute approximate surface area is 359 Å². The Morgan fingerprint density at radius 1 is 0.424 bits per heavy atom. The molecule has 0 saturated carbocycles. The van der Waals surface area contributed by atoms with Crippen molar-refractivity contribution in [3.8, 4) is 44.5 Å². The number of benzene rings is 7. The number of hydrogen-bond donors (Lipinski definition) is 0. The molecule has 2 nitrogen and oxygen atoms in total. The molecule has 298 valence electrons. The van der Waals surface area contributed by atoms with Crippen LogP contribution in [0.2, 0.25) is 0 Å². The van der Waals surface area contributed by atoms with Crippen molar-refractivity contribution in [3.63, 3.8) is 0 Å². The van der Waals surface area contributed by atoms with E-state index in [9.17, 15) is 4.91 Å². The predicted molar refractivity (Wildman–Crippen MR) is 254 cm³/mol. The maximum atomic E-state index is 12.8. The van der Waals surface area contributed by atoms with Crippen LogP contribution in [-0.2, 0) is 18.3 Å². The molecule has 0 radical (unpaired) electrons. The zero-order valence-electron chi connectivity index (χ0n) is 36.7. The first-order valence-corrected chi connectivity index (χ1v) is 22.5. The summed E-state index contributed by atoms with van der Waals surface area (Å²) in [6.07, 6.45) is 1.36. The summed E-state index contributed by atoms with van der Waals surface area (Å²) >= 11 is -0.639. The summed E-state index contributed by atoms with van der Waals surface area (Å²) in [5.74, 6) is 0. The Kier molecular flexibility index (Phi) is 12.1. The molecule has 0 spiro atoms. The molecule has 0 aromatic heterocycles. The zero-order chi connectivity index (χ0) is 42.2. The molecule has 0 N–H and O–H groups in total. The van der Waals surface area contributed by atoms with Gasteiger partial charge in [0.2, 0.25) is 0 Å².